The van der Waals surface area contributed by atoms with Crippen LogP contribution < -0.4 is 5.32 Å². The molecule has 0 spiro atoms. The van der Waals surface area contributed by atoms with Crippen LogP contribution in [-0.2, 0) is 4.74 Å². The van der Waals surface area contributed by atoms with E-state index in [4.69, 9.17) is 15.1 Å². The zero-order valence-corrected chi connectivity index (χ0v) is 11.7. The van der Waals surface area contributed by atoms with Crippen molar-refractivity contribution < 1.29 is 19.4 Å². The van der Waals surface area contributed by atoms with Crippen molar-refractivity contribution in [2.75, 3.05) is 32.1 Å². The normalized spacial score (nSPS) is 9.71. The van der Waals surface area contributed by atoms with Crippen LogP contribution in [0.5, 0.6) is 0 Å². The van der Waals surface area contributed by atoms with Gasteiger partial charge in [0.25, 0.3) is 0 Å². The van der Waals surface area contributed by atoms with Gasteiger partial charge in [-0.05, 0) is 24.3 Å². The Morgan fingerprint density at radius 3 is 2.52 bits per heavy atom. The Bertz CT molecular complexity index is 522. The predicted molar refractivity (Wildman–Crippen MR) is 76.1 cm³/mol. The number of rotatable bonds is 7. The Kier molecular flexibility index (Phi) is 6.71. The molecule has 7 heteroatoms. The van der Waals surface area contributed by atoms with E-state index in [0.717, 1.165) is 0 Å². The summed E-state index contributed by atoms with van der Waals surface area (Å²) in [5.41, 5.74) is 0.637. The van der Waals surface area contributed by atoms with Gasteiger partial charge in [-0.15, -0.1) is 0 Å². The van der Waals surface area contributed by atoms with Gasteiger partial charge in [-0.3, -0.25) is 0 Å². The van der Waals surface area contributed by atoms with E-state index in [0.29, 0.717) is 25.4 Å². The maximum Gasteiger partial charge on any atom is 0.335 e. The minimum atomic E-state index is -1.02. The predicted octanol–water partition coefficient (Wildman–Crippen LogP) is 1.78. The molecule has 2 N–H and O–H groups in total. The highest BCUT2D eigenvalue weighted by Gasteiger charge is 2.13. The van der Waals surface area contributed by atoms with Gasteiger partial charge in [0.05, 0.1) is 24.7 Å². The Morgan fingerprint density at radius 1 is 1.33 bits per heavy atom. The van der Waals surface area contributed by atoms with Gasteiger partial charge in [-0.2, -0.15) is 5.26 Å². The summed E-state index contributed by atoms with van der Waals surface area (Å²) in [6, 6.07) is 7.48. The van der Waals surface area contributed by atoms with Crippen LogP contribution in [0.2, 0.25) is 0 Å². The molecule has 0 aliphatic heterocycles. The van der Waals surface area contributed by atoms with Crippen LogP contribution in [0.15, 0.2) is 24.3 Å². The number of nitrogens with zero attached hydrogens (tertiary/aromatic N) is 2. The first-order valence-corrected chi connectivity index (χ1v) is 6.33. The summed E-state index contributed by atoms with van der Waals surface area (Å²) in [7, 11) is 1.53. The standard InChI is InChI=1S/C14H17N3O4/c1-21-10-9-17(8-2-7-15)14(20)16-12-5-3-11(4-6-12)13(18)19/h3-6H,2,8-10H2,1H3,(H,16,20)(H,18,19). The number of carbonyl (C=O) groups excluding carboxylic acids is 1. The highest BCUT2D eigenvalue weighted by atomic mass is 16.5. The number of anilines is 1. The molecule has 7 nitrogen and oxygen atoms in total. The quantitative estimate of drug-likeness (QED) is 0.797. The molecule has 0 aliphatic rings. The first-order valence-electron chi connectivity index (χ1n) is 6.33. The van der Waals surface area contributed by atoms with Crippen molar-refractivity contribution in [3.05, 3.63) is 29.8 Å². The monoisotopic (exact) mass is 291 g/mol. The van der Waals surface area contributed by atoms with Crippen LogP contribution in [0, 0.1) is 11.3 Å². The second-order valence-electron chi connectivity index (χ2n) is 4.20. The number of hydrogen-bond acceptors (Lipinski definition) is 4. The molecule has 0 fully saturated rings. The van der Waals surface area contributed by atoms with Gasteiger partial charge < -0.3 is 20.1 Å². The Hall–Kier alpha value is -2.59. The summed E-state index contributed by atoms with van der Waals surface area (Å²) < 4.78 is 4.92. The van der Waals surface area contributed by atoms with Gasteiger partial charge in [0.1, 0.15) is 0 Å². The lowest BCUT2D eigenvalue weighted by atomic mass is 10.2. The van der Waals surface area contributed by atoms with Crippen molar-refractivity contribution >= 4 is 17.7 Å². The third-order valence-electron chi connectivity index (χ3n) is 2.73. The molecular formula is C14H17N3O4. The molecular weight excluding hydrogens is 274 g/mol. The van der Waals surface area contributed by atoms with Gasteiger partial charge in [0, 0.05) is 25.9 Å². The zero-order chi connectivity index (χ0) is 15.7. The Balaban J connectivity index is 2.66. The van der Waals surface area contributed by atoms with E-state index in [9.17, 15) is 9.59 Å². The van der Waals surface area contributed by atoms with E-state index in [1.165, 1.54) is 36.3 Å². The lowest BCUT2D eigenvalue weighted by molar-refractivity contribution is 0.0697. The number of hydrogen-bond donors (Lipinski definition) is 2. The smallest absolute Gasteiger partial charge is 0.335 e. The molecule has 0 heterocycles. The van der Waals surface area contributed by atoms with E-state index in [2.05, 4.69) is 5.32 Å². The first kappa shape index (κ1) is 16.5. The third-order valence-corrected chi connectivity index (χ3v) is 2.73. The van der Waals surface area contributed by atoms with Gasteiger partial charge >= 0.3 is 12.0 Å². The number of methoxy groups -OCH3 is 1. The Labute approximate surface area is 122 Å². The maximum atomic E-state index is 12.1. The minimum Gasteiger partial charge on any atom is -0.478 e. The fraction of sp³-hybridized carbons (Fsp3) is 0.357. The topological polar surface area (TPSA) is 103 Å². The molecule has 2 amide bonds. The number of carboxylic acid groups (broad SMARTS) is 1. The fourth-order valence-corrected chi connectivity index (χ4v) is 1.60. The molecule has 0 aromatic heterocycles. The molecule has 112 valence electrons. The van der Waals surface area contributed by atoms with Crippen molar-refractivity contribution in [1.29, 1.82) is 5.26 Å². The van der Waals surface area contributed by atoms with Crippen molar-refractivity contribution in [3.8, 4) is 6.07 Å². The average Bonchev–Trinajstić information content (AvgIpc) is 2.47. The second-order valence-corrected chi connectivity index (χ2v) is 4.20. The first-order chi connectivity index (χ1) is 10.1. The number of aromatic carboxylic acids is 1. The molecule has 0 aliphatic carbocycles. The SMILES string of the molecule is COCCN(CCC#N)C(=O)Nc1ccc(C(=O)O)cc1. The molecule has 0 radical (unpaired) electrons. The largest absolute Gasteiger partial charge is 0.478 e. The number of amides is 2. The van der Waals surface area contributed by atoms with Crippen LogP contribution in [-0.4, -0.2) is 48.8 Å². The lowest BCUT2D eigenvalue weighted by Crippen LogP contribution is -2.38. The summed E-state index contributed by atoms with van der Waals surface area (Å²) in [5, 5.41) is 20.1. The molecule has 0 unspecified atom stereocenters. The van der Waals surface area contributed by atoms with Crippen molar-refractivity contribution in [1.82, 2.24) is 4.90 Å². The van der Waals surface area contributed by atoms with E-state index >= 15 is 0 Å². The van der Waals surface area contributed by atoms with Crippen LogP contribution >= 0.6 is 0 Å². The van der Waals surface area contributed by atoms with Crippen molar-refractivity contribution in [2.24, 2.45) is 0 Å². The maximum absolute atomic E-state index is 12.1. The van der Waals surface area contributed by atoms with Crippen LogP contribution in [0.25, 0.3) is 0 Å². The number of urea groups is 1. The highest BCUT2D eigenvalue weighted by Crippen LogP contribution is 2.10. The van der Waals surface area contributed by atoms with Gasteiger partial charge in [0.15, 0.2) is 0 Å². The summed E-state index contributed by atoms with van der Waals surface area (Å²) in [4.78, 5) is 24.3. The van der Waals surface area contributed by atoms with Crippen molar-refractivity contribution in [3.63, 3.8) is 0 Å². The number of nitrogens with one attached hydrogen (secondary N) is 1. The second kappa shape index (κ2) is 8.55. The van der Waals surface area contributed by atoms with E-state index in [1.807, 2.05) is 6.07 Å². The van der Waals surface area contributed by atoms with E-state index in [-0.39, 0.29) is 18.0 Å². The summed E-state index contributed by atoms with van der Waals surface area (Å²) >= 11 is 0. The molecule has 0 atom stereocenters. The highest BCUT2D eigenvalue weighted by molar-refractivity contribution is 5.91. The van der Waals surface area contributed by atoms with E-state index in [1.54, 1.807) is 0 Å². The van der Waals surface area contributed by atoms with Gasteiger partial charge in [0.2, 0.25) is 0 Å². The average molecular weight is 291 g/mol. The number of carboxylic acids is 1. The van der Waals surface area contributed by atoms with Gasteiger partial charge in [-0.25, -0.2) is 9.59 Å². The van der Waals surface area contributed by atoms with Crippen molar-refractivity contribution in [2.45, 2.75) is 6.42 Å². The van der Waals surface area contributed by atoms with Crippen LogP contribution in [0.1, 0.15) is 16.8 Å². The molecule has 0 saturated heterocycles. The Morgan fingerprint density at radius 2 is 2.00 bits per heavy atom. The minimum absolute atomic E-state index is 0.147. The number of benzene rings is 1. The van der Waals surface area contributed by atoms with Crippen LogP contribution in [0.4, 0.5) is 10.5 Å². The number of ether oxygens (including phenoxy) is 1. The zero-order valence-electron chi connectivity index (χ0n) is 11.7. The van der Waals surface area contributed by atoms with Gasteiger partial charge in [-0.1, -0.05) is 0 Å². The molecule has 1 aromatic rings. The summed E-state index contributed by atoms with van der Waals surface area (Å²) in [6.45, 7) is 1.05. The third kappa shape index (κ3) is 5.50. The number of carbonyl (C=O) groups is 2. The summed E-state index contributed by atoms with van der Waals surface area (Å²) in [5.74, 6) is -1.02. The lowest BCUT2D eigenvalue weighted by Gasteiger charge is -2.21. The molecule has 21 heavy (non-hydrogen) atoms. The molecule has 1 rings (SSSR count). The number of nitriles is 1. The molecule has 0 saturated carbocycles. The van der Waals surface area contributed by atoms with E-state index < -0.39 is 5.97 Å². The summed E-state index contributed by atoms with van der Waals surface area (Å²) in [6.07, 6.45) is 0.231. The molecule has 1 aromatic carbocycles. The van der Waals surface area contributed by atoms with Crippen LogP contribution in [0.3, 0.4) is 0 Å². The fourth-order valence-electron chi connectivity index (χ4n) is 1.60. The molecule has 0 bridgehead atoms.